The van der Waals surface area contributed by atoms with E-state index in [9.17, 15) is 9.90 Å². The van der Waals surface area contributed by atoms with Crippen molar-refractivity contribution < 1.29 is 14.6 Å². The van der Waals surface area contributed by atoms with Crippen molar-refractivity contribution >= 4 is 14.2 Å². The smallest absolute Gasteiger partial charge is 0.409 e. The van der Waals surface area contributed by atoms with E-state index in [1.165, 1.54) is 0 Å². The predicted molar refractivity (Wildman–Crippen MR) is 74.6 cm³/mol. The zero-order chi connectivity index (χ0) is 13.8. The highest BCUT2D eigenvalue weighted by Crippen LogP contribution is 2.11. The fraction of sp³-hybridized carbons (Fsp3) is 0.917. The minimum absolute atomic E-state index is 0.0308. The minimum atomic E-state index is -1.15. The van der Waals surface area contributed by atoms with Crippen LogP contribution < -0.4 is 0 Å². The van der Waals surface area contributed by atoms with E-state index >= 15 is 0 Å². The second-order valence-electron chi connectivity index (χ2n) is 6.19. The molecule has 0 bridgehead atoms. The molecule has 5 nitrogen and oxygen atoms in total. The molecule has 0 radical (unpaired) electrons. The highest BCUT2D eigenvalue weighted by molar-refractivity contribution is 6.76. The minimum Gasteiger partial charge on any atom is -0.450 e. The van der Waals surface area contributed by atoms with Crippen molar-refractivity contribution in [2.75, 3.05) is 39.9 Å². The predicted octanol–water partition coefficient (Wildman–Crippen LogP) is 1.07. The molecule has 1 N–H and O–H groups in total. The van der Waals surface area contributed by atoms with Gasteiger partial charge in [-0.05, 0) is 13.1 Å². The molecule has 1 atom stereocenters. The molecule has 1 aliphatic rings. The standard InChI is InChI=1S/C12H26N2O3Si/c1-13-5-6-14(9-11(13)10-15)12(16)17-7-8-18(2,3)4/h11,15H,5-10H2,1-4H3/t11-/m1/s1. The zero-order valence-electron chi connectivity index (χ0n) is 12.0. The Balaban J connectivity index is 2.34. The molecular weight excluding hydrogens is 248 g/mol. The lowest BCUT2D eigenvalue weighted by molar-refractivity contribution is 0.0434. The number of piperazine rings is 1. The Labute approximate surface area is 111 Å². The number of amides is 1. The van der Waals surface area contributed by atoms with Gasteiger partial charge in [-0.3, -0.25) is 4.90 Å². The van der Waals surface area contributed by atoms with Gasteiger partial charge in [0.15, 0.2) is 0 Å². The van der Waals surface area contributed by atoms with Crippen LogP contribution in [0.4, 0.5) is 4.79 Å². The third kappa shape index (κ3) is 4.95. The molecule has 0 unspecified atom stereocenters. The van der Waals surface area contributed by atoms with Gasteiger partial charge in [0, 0.05) is 27.7 Å². The van der Waals surface area contributed by atoms with E-state index in [1.54, 1.807) is 4.90 Å². The second-order valence-corrected chi connectivity index (χ2v) is 11.8. The number of carbonyl (C=O) groups excluding carboxylic acids is 1. The van der Waals surface area contributed by atoms with Crippen LogP contribution in [0.15, 0.2) is 0 Å². The largest absolute Gasteiger partial charge is 0.450 e. The Kier molecular flexibility index (Phi) is 5.62. The number of carbonyl (C=O) groups is 1. The molecule has 18 heavy (non-hydrogen) atoms. The number of aliphatic hydroxyl groups excluding tert-OH is 1. The van der Waals surface area contributed by atoms with Gasteiger partial charge in [0.2, 0.25) is 0 Å². The molecule has 0 spiro atoms. The molecule has 6 heteroatoms. The molecule has 1 heterocycles. The maximum absolute atomic E-state index is 11.9. The molecule has 1 saturated heterocycles. The van der Waals surface area contributed by atoms with Gasteiger partial charge in [0.25, 0.3) is 0 Å². The molecule has 1 rings (SSSR count). The van der Waals surface area contributed by atoms with Gasteiger partial charge < -0.3 is 14.7 Å². The third-order valence-electron chi connectivity index (χ3n) is 3.32. The first-order chi connectivity index (χ1) is 8.33. The van der Waals surface area contributed by atoms with Crippen molar-refractivity contribution in [2.45, 2.75) is 31.7 Å². The van der Waals surface area contributed by atoms with E-state index in [0.717, 1.165) is 12.6 Å². The highest BCUT2D eigenvalue weighted by atomic mass is 28.3. The van der Waals surface area contributed by atoms with E-state index in [0.29, 0.717) is 19.7 Å². The summed E-state index contributed by atoms with van der Waals surface area (Å²) in [5, 5.41) is 9.23. The van der Waals surface area contributed by atoms with E-state index < -0.39 is 8.07 Å². The summed E-state index contributed by atoms with van der Waals surface area (Å²) in [6, 6.07) is 1.03. The van der Waals surface area contributed by atoms with Gasteiger partial charge in [0.1, 0.15) is 0 Å². The summed E-state index contributed by atoms with van der Waals surface area (Å²) in [5.41, 5.74) is 0. The van der Waals surface area contributed by atoms with Crippen LogP contribution in [0.1, 0.15) is 0 Å². The van der Waals surface area contributed by atoms with Crippen molar-refractivity contribution in [1.29, 1.82) is 0 Å². The summed E-state index contributed by atoms with van der Waals surface area (Å²) < 4.78 is 5.31. The average molecular weight is 274 g/mol. The van der Waals surface area contributed by atoms with Gasteiger partial charge in [0.05, 0.1) is 19.3 Å². The van der Waals surface area contributed by atoms with Crippen molar-refractivity contribution in [3.05, 3.63) is 0 Å². The summed E-state index contributed by atoms with van der Waals surface area (Å²) in [7, 11) is 0.818. The van der Waals surface area contributed by atoms with Crippen LogP contribution >= 0.6 is 0 Å². The van der Waals surface area contributed by atoms with Gasteiger partial charge in [-0.15, -0.1) is 0 Å². The Morgan fingerprint density at radius 2 is 2.06 bits per heavy atom. The number of rotatable bonds is 4. The maximum atomic E-state index is 11.9. The first kappa shape index (κ1) is 15.5. The van der Waals surface area contributed by atoms with Gasteiger partial charge >= 0.3 is 6.09 Å². The summed E-state index contributed by atoms with van der Waals surface area (Å²) in [6.45, 7) is 9.40. The Hall–Kier alpha value is -0.593. The number of hydrogen-bond donors (Lipinski definition) is 1. The lowest BCUT2D eigenvalue weighted by Gasteiger charge is -2.37. The Bertz CT molecular complexity index is 281. The number of aliphatic hydroxyl groups is 1. The average Bonchev–Trinajstić information content (AvgIpc) is 2.27. The van der Waals surface area contributed by atoms with Crippen LogP contribution in [0.2, 0.25) is 25.7 Å². The summed E-state index contributed by atoms with van der Waals surface area (Å²) in [4.78, 5) is 15.6. The monoisotopic (exact) mass is 274 g/mol. The van der Waals surface area contributed by atoms with Crippen LogP contribution in [0.5, 0.6) is 0 Å². The molecule has 0 aromatic carbocycles. The topological polar surface area (TPSA) is 53.0 Å². The molecule has 106 valence electrons. The summed E-state index contributed by atoms with van der Waals surface area (Å²) in [5.74, 6) is 0. The van der Waals surface area contributed by atoms with Crippen LogP contribution in [-0.2, 0) is 4.74 Å². The third-order valence-corrected chi connectivity index (χ3v) is 5.03. The highest BCUT2D eigenvalue weighted by Gasteiger charge is 2.27. The molecule has 0 aromatic rings. The maximum Gasteiger partial charge on any atom is 0.409 e. The number of nitrogens with zero attached hydrogens (tertiary/aromatic N) is 2. The fourth-order valence-corrected chi connectivity index (χ4v) is 2.56. The molecule has 1 fully saturated rings. The number of likely N-dealkylation sites (N-methyl/N-ethyl adjacent to an activating group) is 1. The van der Waals surface area contributed by atoms with E-state index in [2.05, 4.69) is 24.5 Å². The Morgan fingerprint density at radius 1 is 1.39 bits per heavy atom. The molecular formula is C12H26N2O3Si. The lowest BCUT2D eigenvalue weighted by Crippen LogP contribution is -2.54. The zero-order valence-corrected chi connectivity index (χ0v) is 13.0. The summed E-state index contributed by atoms with van der Waals surface area (Å²) >= 11 is 0. The van der Waals surface area contributed by atoms with Crippen molar-refractivity contribution in [3.63, 3.8) is 0 Å². The van der Waals surface area contributed by atoms with Crippen molar-refractivity contribution in [2.24, 2.45) is 0 Å². The van der Waals surface area contributed by atoms with Crippen molar-refractivity contribution in [3.8, 4) is 0 Å². The van der Waals surface area contributed by atoms with Crippen molar-refractivity contribution in [1.82, 2.24) is 9.80 Å². The fourth-order valence-electron chi connectivity index (χ4n) is 1.84. The van der Waals surface area contributed by atoms with Crippen LogP contribution in [-0.4, -0.2) is 75.0 Å². The number of ether oxygens (including phenoxy) is 1. The van der Waals surface area contributed by atoms with E-state index in [1.807, 2.05) is 7.05 Å². The molecule has 1 aliphatic heterocycles. The summed E-state index contributed by atoms with van der Waals surface area (Å²) in [6.07, 6.45) is -0.236. The Morgan fingerprint density at radius 3 is 2.61 bits per heavy atom. The second kappa shape index (κ2) is 6.54. The molecule has 1 amide bonds. The van der Waals surface area contributed by atoms with Crippen LogP contribution in [0, 0.1) is 0 Å². The quantitative estimate of drug-likeness (QED) is 0.779. The van der Waals surface area contributed by atoms with E-state index in [-0.39, 0.29) is 18.7 Å². The normalized spacial score (nSPS) is 22.1. The van der Waals surface area contributed by atoms with Crippen LogP contribution in [0.25, 0.3) is 0 Å². The first-order valence-corrected chi connectivity index (χ1v) is 10.3. The SMILES string of the molecule is CN1CCN(C(=O)OCC[Si](C)(C)C)C[C@@H]1CO. The number of hydrogen-bond acceptors (Lipinski definition) is 4. The van der Waals surface area contributed by atoms with Gasteiger partial charge in [-0.2, -0.15) is 0 Å². The van der Waals surface area contributed by atoms with Gasteiger partial charge in [-0.1, -0.05) is 19.6 Å². The lowest BCUT2D eigenvalue weighted by atomic mass is 10.2. The van der Waals surface area contributed by atoms with Gasteiger partial charge in [-0.25, -0.2) is 4.79 Å². The molecule has 0 aliphatic carbocycles. The molecule has 0 saturated carbocycles. The van der Waals surface area contributed by atoms with E-state index in [4.69, 9.17) is 4.74 Å². The van der Waals surface area contributed by atoms with Crippen LogP contribution in [0.3, 0.4) is 0 Å². The molecule has 0 aromatic heterocycles. The first-order valence-electron chi connectivity index (χ1n) is 6.56.